The zero-order chi connectivity index (χ0) is 14.9. The average molecular weight is 310 g/mol. The van der Waals surface area contributed by atoms with E-state index in [1.54, 1.807) is 11.3 Å². The number of nitrogens with zero attached hydrogens (tertiary/aromatic N) is 1. The predicted octanol–water partition coefficient (Wildman–Crippen LogP) is 2.30. The van der Waals surface area contributed by atoms with Crippen LogP contribution in [0.4, 0.5) is 0 Å². The number of hydrogen-bond acceptors (Lipinski definition) is 4. The number of carbonyl (C=O) groups excluding carboxylic acids is 1. The van der Waals surface area contributed by atoms with Crippen molar-refractivity contribution in [2.24, 2.45) is 0 Å². The Balaban J connectivity index is 1.53. The van der Waals surface area contributed by atoms with Gasteiger partial charge in [0.25, 0.3) is 0 Å². The maximum atomic E-state index is 11.9. The summed E-state index contributed by atoms with van der Waals surface area (Å²) in [4.78, 5) is 15.7. The Hall–Kier alpha value is -0.910. The normalized spacial score (nSPS) is 17.6. The number of ether oxygens (including phenoxy) is 1. The molecule has 21 heavy (non-hydrogen) atoms. The maximum Gasteiger partial charge on any atom is 0.220 e. The molecule has 1 atom stereocenters. The third kappa shape index (κ3) is 6.59. The Labute approximate surface area is 131 Å². The van der Waals surface area contributed by atoms with Crippen LogP contribution in [0.15, 0.2) is 17.5 Å². The molecule has 0 saturated carbocycles. The van der Waals surface area contributed by atoms with Crippen LogP contribution in [-0.4, -0.2) is 49.7 Å². The van der Waals surface area contributed by atoms with E-state index in [1.165, 1.54) is 4.88 Å². The number of nitrogens with one attached hydrogen (secondary N) is 1. The molecule has 1 aromatic rings. The number of thiophene rings is 1. The van der Waals surface area contributed by atoms with Gasteiger partial charge in [0.2, 0.25) is 5.91 Å². The summed E-state index contributed by atoms with van der Waals surface area (Å²) in [6.45, 7) is 6.84. The molecule has 0 bridgehead atoms. The highest BCUT2D eigenvalue weighted by molar-refractivity contribution is 7.09. The van der Waals surface area contributed by atoms with Gasteiger partial charge in [0.05, 0.1) is 13.2 Å². The SMILES string of the molecule is CC(CCN1CCOCC1)NC(=O)CCCc1cccs1. The monoisotopic (exact) mass is 310 g/mol. The molecule has 2 rings (SSSR count). The highest BCUT2D eigenvalue weighted by Gasteiger charge is 2.13. The number of amides is 1. The minimum Gasteiger partial charge on any atom is -0.379 e. The lowest BCUT2D eigenvalue weighted by atomic mass is 10.1. The van der Waals surface area contributed by atoms with Crippen LogP contribution < -0.4 is 5.32 Å². The van der Waals surface area contributed by atoms with Crippen molar-refractivity contribution in [3.05, 3.63) is 22.4 Å². The first-order chi connectivity index (χ1) is 10.2. The van der Waals surface area contributed by atoms with Crippen molar-refractivity contribution in [1.82, 2.24) is 10.2 Å². The van der Waals surface area contributed by atoms with E-state index >= 15 is 0 Å². The highest BCUT2D eigenvalue weighted by Crippen LogP contribution is 2.12. The van der Waals surface area contributed by atoms with Crippen LogP contribution in [0, 0.1) is 0 Å². The van der Waals surface area contributed by atoms with Gasteiger partial charge in [-0.15, -0.1) is 11.3 Å². The third-order valence-electron chi connectivity index (χ3n) is 3.80. The largest absolute Gasteiger partial charge is 0.379 e. The summed E-state index contributed by atoms with van der Waals surface area (Å²) >= 11 is 1.76. The summed E-state index contributed by atoms with van der Waals surface area (Å²) in [5, 5.41) is 5.19. The second-order valence-corrected chi connectivity index (χ2v) is 6.68. The third-order valence-corrected chi connectivity index (χ3v) is 4.73. The van der Waals surface area contributed by atoms with Crippen molar-refractivity contribution in [3.8, 4) is 0 Å². The summed E-state index contributed by atoms with van der Waals surface area (Å²) in [5.74, 6) is 0.182. The van der Waals surface area contributed by atoms with Gasteiger partial charge in [-0.05, 0) is 37.6 Å². The molecule has 0 spiro atoms. The van der Waals surface area contributed by atoms with Gasteiger partial charge >= 0.3 is 0 Å². The second kappa shape index (κ2) is 9.18. The van der Waals surface area contributed by atoms with Gasteiger partial charge in [0.15, 0.2) is 0 Å². The van der Waals surface area contributed by atoms with Crippen LogP contribution in [-0.2, 0) is 16.0 Å². The van der Waals surface area contributed by atoms with E-state index in [1.807, 2.05) is 0 Å². The zero-order valence-electron chi connectivity index (χ0n) is 12.8. The Morgan fingerprint density at radius 2 is 2.29 bits per heavy atom. The summed E-state index contributed by atoms with van der Waals surface area (Å²) in [5.41, 5.74) is 0. The lowest BCUT2D eigenvalue weighted by Crippen LogP contribution is -2.40. The number of morpholine rings is 1. The first-order valence-electron chi connectivity index (χ1n) is 7.86. The molecular weight excluding hydrogens is 284 g/mol. The molecule has 1 aliphatic rings. The molecule has 0 aromatic carbocycles. The molecule has 1 unspecified atom stereocenters. The van der Waals surface area contributed by atoms with Crippen LogP contribution in [0.3, 0.4) is 0 Å². The minimum absolute atomic E-state index is 0.182. The quantitative estimate of drug-likeness (QED) is 0.801. The molecular formula is C16H26N2O2S. The van der Waals surface area contributed by atoms with E-state index in [9.17, 15) is 4.79 Å². The predicted molar refractivity (Wildman–Crippen MR) is 86.7 cm³/mol. The molecule has 5 heteroatoms. The van der Waals surface area contributed by atoms with Crippen molar-refractivity contribution in [3.63, 3.8) is 0 Å². The topological polar surface area (TPSA) is 41.6 Å². The number of carbonyl (C=O) groups is 1. The van der Waals surface area contributed by atoms with E-state index in [2.05, 4.69) is 34.7 Å². The van der Waals surface area contributed by atoms with Gasteiger partial charge in [-0.1, -0.05) is 6.07 Å². The van der Waals surface area contributed by atoms with Gasteiger partial charge in [-0.3, -0.25) is 9.69 Å². The molecule has 1 N–H and O–H groups in total. The zero-order valence-corrected chi connectivity index (χ0v) is 13.7. The standard InChI is InChI=1S/C16H26N2O2S/c1-14(7-8-18-9-11-20-12-10-18)17-16(19)6-2-4-15-5-3-13-21-15/h3,5,13-14H,2,4,6-12H2,1H3,(H,17,19). The second-order valence-electron chi connectivity index (χ2n) is 5.64. The Morgan fingerprint density at radius 3 is 3.00 bits per heavy atom. The number of hydrogen-bond donors (Lipinski definition) is 1. The summed E-state index contributed by atoms with van der Waals surface area (Å²) in [6.07, 6.45) is 3.58. The van der Waals surface area contributed by atoms with Crippen LogP contribution in [0.25, 0.3) is 0 Å². The van der Waals surface area contributed by atoms with E-state index in [4.69, 9.17) is 4.74 Å². The summed E-state index contributed by atoms with van der Waals surface area (Å²) < 4.78 is 5.34. The van der Waals surface area contributed by atoms with Crippen molar-refractivity contribution >= 4 is 17.2 Å². The first kappa shape index (κ1) is 16.5. The van der Waals surface area contributed by atoms with E-state index in [-0.39, 0.29) is 11.9 Å². The van der Waals surface area contributed by atoms with E-state index < -0.39 is 0 Å². The molecule has 0 radical (unpaired) electrons. The fraction of sp³-hybridized carbons (Fsp3) is 0.688. The first-order valence-corrected chi connectivity index (χ1v) is 8.74. The van der Waals surface area contributed by atoms with Gasteiger partial charge in [-0.2, -0.15) is 0 Å². The Morgan fingerprint density at radius 1 is 1.48 bits per heavy atom. The van der Waals surface area contributed by atoms with Crippen LogP contribution >= 0.6 is 11.3 Å². The molecule has 1 aromatic heterocycles. The fourth-order valence-electron chi connectivity index (χ4n) is 2.50. The van der Waals surface area contributed by atoms with E-state index in [0.29, 0.717) is 6.42 Å². The molecule has 1 saturated heterocycles. The van der Waals surface area contributed by atoms with Crippen molar-refractivity contribution in [2.75, 3.05) is 32.8 Å². The lowest BCUT2D eigenvalue weighted by molar-refractivity contribution is -0.121. The van der Waals surface area contributed by atoms with Crippen LogP contribution in [0.2, 0.25) is 0 Å². The molecule has 1 amide bonds. The van der Waals surface area contributed by atoms with Crippen molar-refractivity contribution in [2.45, 2.75) is 38.6 Å². The van der Waals surface area contributed by atoms with E-state index in [0.717, 1.165) is 52.1 Å². The molecule has 1 fully saturated rings. The number of rotatable bonds is 8. The number of aryl methyl sites for hydroxylation is 1. The van der Waals surface area contributed by atoms with Crippen LogP contribution in [0.1, 0.15) is 31.1 Å². The van der Waals surface area contributed by atoms with Gasteiger partial charge in [-0.25, -0.2) is 0 Å². The highest BCUT2D eigenvalue weighted by atomic mass is 32.1. The molecule has 1 aliphatic heterocycles. The van der Waals surface area contributed by atoms with Gasteiger partial charge < -0.3 is 10.1 Å². The molecule has 4 nitrogen and oxygen atoms in total. The van der Waals surface area contributed by atoms with Gasteiger partial charge in [0.1, 0.15) is 0 Å². The Kier molecular flexibility index (Phi) is 7.19. The minimum atomic E-state index is 0.182. The molecule has 0 aliphatic carbocycles. The smallest absolute Gasteiger partial charge is 0.220 e. The fourth-order valence-corrected chi connectivity index (χ4v) is 3.25. The summed E-state index contributed by atoms with van der Waals surface area (Å²) in [7, 11) is 0. The van der Waals surface area contributed by atoms with Crippen molar-refractivity contribution < 1.29 is 9.53 Å². The van der Waals surface area contributed by atoms with Crippen molar-refractivity contribution in [1.29, 1.82) is 0 Å². The Bertz CT molecular complexity index is 402. The maximum absolute atomic E-state index is 11.9. The average Bonchev–Trinajstić information content (AvgIpc) is 2.99. The molecule has 2 heterocycles. The lowest BCUT2D eigenvalue weighted by Gasteiger charge is -2.27. The summed E-state index contributed by atoms with van der Waals surface area (Å²) in [6, 6.07) is 4.45. The van der Waals surface area contributed by atoms with Gasteiger partial charge in [0, 0.05) is 37.0 Å². The van der Waals surface area contributed by atoms with Crippen LogP contribution in [0.5, 0.6) is 0 Å². The molecule has 118 valence electrons.